The molecule has 0 radical (unpaired) electrons. The van der Waals surface area contributed by atoms with Crippen molar-refractivity contribution in [2.24, 2.45) is 0 Å². The number of amides is 1. The van der Waals surface area contributed by atoms with E-state index < -0.39 is 0 Å². The van der Waals surface area contributed by atoms with Crippen molar-refractivity contribution >= 4 is 11.6 Å². The number of nitrogens with one attached hydrogen (secondary N) is 1. The van der Waals surface area contributed by atoms with Crippen molar-refractivity contribution in [1.82, 2.24) is 5.32 Å². The Kier molecular flexibility index (Phi) is 4.59. The lowest BCUT2D eigenvalue weighted by molar-refractivity contribution is 0.0919. The molecule has 0 aliphatic heterocycles. The van der Waals surface area contributed by atoms with Crippen molar-refractivity contribution in [3.63, 3.8) is 0 Å². The summed E-state index contributed by atoms with van der Waals surface area (Å²) in [5, 5.41) is 2.89. The van der Waals surface area contributed by atoms with Gasteiger partial charge in [-0.2, -0.15) is 0 Å². The highest BCUT2D eigenvalue weighted by molar-refractivity contribution is 5.95. The lowest BCUT2D eigenvalue weighted by atomic mass is 10.1. The van der Waals surface area contributed by atoms with Gasteiger partial charge < -0.3 is 15.8 Å². The fraction of sp³-hybridized carbons (Fsp3) is 0.500. The van der Waals surface area contributed by atoms with Crippen LogP contribution >= 0.6 is 0 Å². The molecule has 1 rings (SSSR count). The number of nitrogen functional groups attached to an aromatic ring is 1. The van der Waals surface area contributed by atoms with Crippen LogP contribution in [0.2, 0.25) is 0 Å². The molecule has 0 atom stereocenters. The number of nitrogens with two attached hydrogens (primary N) is 1. The van der Waals surface area contributed by atoms with Crippen LogP contribution in [-0.4, -0.2) is 18.1 Å². The van der Waals surface area contributed by atoms with Crippen LogP contribution < -0.4 is 15.8 Å². The number of hydrogen-bond donors (Lipinski definition) is 2. The summed E-state index contributed by atoms with van der Waals surface area (Å²) >= 11 is 0. The molecule has 1 aromatic rings. The third-order valence-corrected chi connectivity index (χ3v) is 2.22. The number of rotatable bonds is 4. The average Bonchev–Trinajstić information content (AvgIpc) is 2.25. The predicted octanol–water partition coefficient (Wildman–Crippen LogP) is 2.59. The number of carbonyl (C=O) groups excluding carboxylic acids is 1. The van der Waals surface area contributed by atoms with Crippen molar-refractivity contribution in [3.05, 3.63) is 23.8 Å². The highest BCUT2D eigenvalue weighted by Crippen LogP contribution is 2.23. The monoisotopic (exact) mass is 250 g/mol. The first kappa shape index (κ1) is 14.4. The van der Waals surface area contributed by atoms with Crippen LogP contribution in [0.4, 0.5) is 5.69 Å². The Labute approximate surface area is 109 Å². The summed E-state index contributed by atoms with van der Waals surface area (Å²) < 4.78 is 5.46. The fourth-order valence-electron chi connectivity index (χ4n) is 1.45. The third kappa shape index (κ3) is 4.28. The zero-order valence-electron chi connectivity index (χ0n) is 11.5. The van der Waals surface area contributed by atoms with Gasteiger partial charge in [-0.3, -0.25) is 4.79 Å². The van der Waals surface area contributed by atoms with Crippen LogP contribution in [0.15, 0.2) is 18.2 Å². The van der Waals surface area contributed by atoms with E-state index in [-0.39, 0.29) is 11.4 Å². The summed E-state index contributed by atoms with van der Waals surface area (Å²) in [4.78, 5) is 11.9. The molecule has 0 fully saturated rings. The van der Waals surface area contributed by atoms with E-state index in [9.17, 15) is 4.79 Å². The highest BCUT2D eigenvalue weighted by atomic mass is 16.5. The minimum Gasteiger partial charge on any atom is -0.491 e. The van der Waals surface area contributed by atoms with Crippen molar-refractivity contribution in [2.45, 2.75) is 39.7 Å². The molecule has 100 valence electrons. The predicted molar refractivity (Wildman–Crippen MR) is 73.9 cm³/mol. The molecular formula is C14H22N2O2. The number of anilines is 1. The maximum atomic E-state index is 11.9. The molecule has 1 amide bonds. The number of carbonyl (C=O) groups is 1. The van der Waals surface area contributed by atoms with E-state index >= 15 is 0 Å². The van der Waals surface area contributed by atoms with Crippen LogP contribution in [0.25, 0.3) is 0 Å². The van der Waals surface area contributed by atoms with E-state index in [1.54, 1.807) is 18.2 Å². The van der Waals surface area contributed by atoms with Gasteiger partial charge in [-0.25, -0.2) is 0 Å². The standard InChI is InChI=1S/C14H22N2O2/c1-5-8-18-12-7-6-10(9-11(12)15)13(17)16-14(2,3)4/h6-7,9H,5,8,15H2,1-4H3,(H,16,17). The molecule has 0 aliphatic carbocycles. The molecule has 0 aliphatic rings. The summed E-state index contributed by atoms with van der Waals surface area (Å²) in [6.07, 6.45) is 0.922. The van der Waals surface area contributed by atoms with Crippen molar-refractivity contribution in [2.75, 3.05) is 12.3 Å². The Balaban J connectivity index is 2.80. The van der Waals surface area contributed by atoms with Gasteiger partial charge in [0.2, 0.25) is 0 Å². The maximum Gasteiger partial charge on any atom is 0.251 e. The minimum atomic E-state index is -0.261. The van der Waals surface area contributed by atoms with Gasteiger partial charge in [0.05, 0.1) is 12.3 Å². The van der Waals surface area contributed by atoms with E-state index in [0.717, 1.165) is 6.42 Å². The normalized spacial score (nSPS) is 11.1. The molecule has 18 heavy (non-hydrogen) atoms. The minimum absolute atomic E-state index is 0.128. The first-order valence-electron chi connectivity index (χ1n) is 6.18. The van der Waals surface area contributed by atoms with Crippen molar-refractivity contribution in [1.29, 1.82) is 0 Å². The van der Waals surface area contributed by atoms with Crippen molar-refractivity contribution < 1.29 is 9.53 Å². The summed E-state index contributed by atoms with van der Waals surface area (Å²) in [7, 11) is 0. The van der Waals surface area contributed by atoms with E-state index in [1.165, 1.54) is 0 Å². The lowest BCUT2D eigenvalue weighted by Crippen LogP contribution is -2.40. The fourth-order valence-corrected chi connectivity index (χ4v) is 1.45. The molecule has 3 N–H and O–H groups in total. The zero-order chi connectivity index (χ0) is 13.8. The molecule has 0 saturated heterocycles. The topological polar surface area (TPSA) is 64.3 Å². The quantitative estimate of drug-likeness (QED) is 0.807. The van der Waals surface area contributed by atoms with E-state index in [0.29, 0.717) is 23.6 Å². The molecular weight excluding hydrogens is 228 g/mol. The Morgan fingerprint density at radius 2 is 2.06 bits per heavy atom. The van der Waals surface area contributed by atoms with Gasteiger partial charge in [0.1, 0.15) is 5.75 Å². The van der Waals surface area contributed by atoms with Gasteiger partial charge in [-0.1, -0.05) is 6.92 Å². The van der Waals surface area contributed by atoms with Crippen molar-refractivity contribution in [3.8, 4) is 5.75 Å². The number of ether oxygens (including phenoxy) is 1. The zero-order valence-corrected chi connectivity index (χ0v) is 11.5. The van der Waals surface area contributed by atoms with Gasteiger partial charge >= 0.3 is 0 Å². The largest absolute Gasteiger partial charge is 0.491 e. The van der Waals surface area contributed by atoms with E-state index in [4.69, 9.17) is 10.5 Å². The molecule has 0 spiro atoms. The Morgan fingerprint density at radius 1 is 1.39 bits per heavy atom. The molecule has 4 nitrogen and oxygen atoms in total. The summed E-state index contributed by atoms with van der Waals surface area (Å²) in [6.45, 7) is 8.46. The average molecular weight is 250 g/mol. The Bertz CT molecular complexity index is 422. The smallest absolute Gasteiger partial charge is 0.251 e. The molecule has 0 unspecified atom stereocenters. The number of benzene rings is 1. The third-order valence-electron chi connectivity index (χ3n) is 2.22. The van der Waals surface area contributed by atoms with Gasteiger partial charge in [0, 0.05) is 11.1 Å². The second-order valence-electron chi connectivity index (χ2n) is 5.31. The second-order valence-corrected chi connectivity index (χ2v) is 5.31. The highest BCUT2D eigenvalue weighted by Gasteiger charge is 2.16. The molecule has 0 aromatic heterocycles. The summed E-state index contributed by atoms with van der Waals surface area (Å²) in [5.74, 6) is 0.500. The summed E-state index contributed by atoms with van der Waals surface area (Å²) in [5.41, 5.74) is 6.64. The van der Waals surface area contributed by atoms with Crippen LogP contribution in [0.3, 0.4) is 0 Å². The second kappa shape index (κ2) is 5.76. The van der Waals surface area contributed by atoms with Crippen LogP contribution in [-0.2, 0) is 0 Å². The molecule has 0 heterocycles. The molecule has 0 bridgehead atoms. The number of hydrogen-bond acceptors (Lipinski definition) is 3. The van der Waals surface area contributed by atoms with Gasteiger partial charge in [-0.05, 0) is 45.4 Å². The molecule has 4 heteroatoms. The van der Waals surface area contributed by atoms with Crippen LogP contribution in [0.1, 0.15) is 44.5 Å². The molecule has 0 saturated carbocycles. The van der Waals surface area contributed by atoms with Crippen LogP contribution in [0.5, 0.6) is 5.75 Å². The Morgan fingerprint density at radius 3 is 2.56 bits per heavy atom. The summed E-state index contributed by atoms with van der Waals surface area (Å²) in [6, 6.07) is 5.11. The molecule has 1 aromatic carbocycles. The van der Waals surface area contributed by atoms with Gasteiger partial charge in [0.25, 0.3) is 5.91 Å². The maximum absolute atomic E-state index is 11.9. The van der Waals surface area contributed by atoms with E-state index in [1.807, 2.05) is 27.7 Å². The van der Waals surface area contributed by atoms with Crippen LogP contribution in [0, 0.1) is 0 Å². The van der Waals surface area contributed by atoms with Gasteiger partial charge in [0.15, 0.2) is 0 Å². The lowest BCUT2D eigenvalue weighted by Gasteiger charge is -2.20. The van der Waals surface area contributed by atoms with E-state index in [2.05, 4.69) is 5.32 Å². The first-order chi connectivity index (χ1) is 8.33. The SMILES string of the molecule is CCCOc1ccc(C(=O)NC(C)(C)C)cc1N. The first-order valence-corrected chi connectivity index (χ1v) is 6.18. The Hall–Kier alpha value is -1.71. The van der Waals surface area contributed by atoms with Gasteiger partial charge in [-0.15, -0.1) is 0 Å².